The largest absolute Gasteiger partial charge is 0.324 e. The number of benzene rings is 2. The van der Waals surface area contributed by atoms with Crippen LogP contribution in [0.2, 0.25) is 5.02 Å². The second kappa shape index (κ2) is 7.25. The summed E-state index contributed by atoms with van der Waals surface area (Å²) in [6.45, 7) is 1.88. The molecule has 1 amide bonds. The third kappa shape index (κ3) is 3.69. The number of para-hydroxylation sites is 2. The molecule has 2 aromatic carbocycles. The number of anilines is 1. The van der Waals surface area contributed by atoms with Gasteiger partial charge in [-0.05, 0) is 38.0 Å². The van der Waals surface area contributed by atoms with Gasteiger partial charge >= 0.3 is 0 Å². The summed E-state index contributed by atoms with van der Waals surface area (Å²) in [6.07, 6.45) is 2.29. The average molecular weight is 384 g/mol. The van der Waals surface area contributed by atoms with Crippen molar-refractivity contribution in [3.8, 4) is 0 Å². The number of halogens is 1. The van der Waals surface area contributed by atoms with E-state index >= 15 is 0 Å². The van der Waals surface area contributed by atoms with Gasteiger partial charge in [0.2, 0.25) is 5.91 Å². The molecule has 0 saturated heterocycles. The molecule has 1 aromatic heterocycles. The van der Waals surface area contributed by atoms with E-state index in [4.69, 9.17) is 16.6 Å². The number of fused-ring (bicyclic) bond motifs is 1. The first-order chi connectivity index (χ1) is 12.6. The number of thioether (sulfide) groups is 1. The summed E-state index contributed by atoms with van der Waals surface area (Å²) in [5, 5.41) is 4.96. The summed E-state index contributed by atoms with van der Waals surface area (Å²) < 4.78 is 0. The van der Waals surface area contributed by atoms with Crippen molar-refractivity contribution in [3.05, 3.63) is 59.4 Å². The molecule has 4 rings (SSSR count). The van der Waals surface area contributed by atoms with E-state index in [2.05, 4.69) is 10.3 Å². The van der Waals surface area contributed by atoms with E-state index in [1.807, 2.05) is 43.3 Å². The number of hydrogen-bond donors (Lipinski definition) is 1. The number of hydrogen-bond acceptors (Lipinski definition) is 4. The Hall–Kier alpha value is -2.11. The molecule has 1 heterocycles. The Morgan fingerprint density at radius 2 is 1.88 bits per heavy atom. The number of carbonyl (C=O) groups is 1. The van der Waals surface area contributed by atoms with Crippen molar-refractivity contribution in [2.45, 2.75) is 36.0 Å². The van der Waals surface area contributed by atoms with Crippen molar-refractivity contribution in [2.24, 2.45) is 0 Å². The van der Waals surface area contributed by atoms with Gasteiger partial charge in [-0.2, -0.15) is 0 Å². The van der Waals surface area contributed by atoms with E-state index in [9.17, 15) is 4.79 Å². The van der Waals surface area contributed by atoms with Gasteiger partial charge in [-0.25, -0.2) is 9.97 Å². The van der Waals surface area contributed by atoms with Crippen LogP contribution in [0.3, 0.4) is 0 Å². The van der Waals surface area contributed by atoms with E-state index in [1.54, 1.807) is 12.1 Å². The van der Waals surface area contributed by atoms with Crippen LogP contribution in [-0.2, 0) is 4.79 Å². The summed E-state index contributed by atoms with van der Waals surface area (Å²) >= 11 is 7.59. The molecular formula is C20H18ClN3OS. The maximum Gasteiger partial charge on any atom is 0.237 e. The molecule has 0 bridgehead atoms. The maximum atomic E-state index is 12.6. The van der Waals surface area contributed by atoms with E-state index in [1.165, 1.54) is 11.8 Å². The minimum absolute atomic E-state index is 0.0984. The van der Waals surface area contributed by atoms with Crippen LogP contribution < -0.4 is 5.32 Å². The molecule has 3 aromatic rings. The van der Waals surface area contributed by atoms with Crippen LogP contribution in [0.5, 0.6) is 0 Å². The summed E-state index contributed by atoms with van der Waals surface area (Å²) in [4.78, 5) is 22.0. The molecule has 1 saturated carbocycles. The third-order valence-corrected chi connectivity index (χ3v) is 5.75. The lowest BCUT2D eigenvalue weighted by atomic mass is 10.2. The SMILES string of the molecule is CC(Sc1nc(C2CC2)nc2ccccc12)C(=O)Nc1ccccc1Cl. The van der Waals surface area contributed by atoms with Crippen LogP contribution in [0.4, 0.5) is 5.69 Å². The highest BCUT2D eigenvalue weighted by Crippen LogP contribution is 2.40. The minimum atomic E-state index is -0.309. The van der Waals surface area contributed by atoms with E-state index < -0.39 is 0 Å². The van der Waals surface area contributed by atoms with Gasteiger partial charge in [0.25, 0.3) is 0 Å². The molecule has 4 nitrogen and oxygen atoms in total. The zero-order valence-electron chi connectivity index (χ0n) is 14.3. The number of amides is 1. The topological polar surface area (TPSA) is 54.9 Å². The standard InChI is InChI=1S/C20H18ClN3OS/c1-12(19(25)23-17-9-5-3-7-15(17)21)26-20-14-6-2-4-8-16(14)22-18(24-20)13-10-11-13/h2-9,12-13H,10-11H2,1H3,(H,23,25). The molecule has 1 aliphatic carbocycles. The third-order valence-electron chi connectivity index (χ3n) is 4.32. The van der Waals surface area contributed by atoms with Gasteiger partial charge in [0.15, 0.2) is 0 Å². The van der Waals surface area contributed by atoms with Gasteiger partial charge < -0.3 is 5.32 Å². The molecule has 1 unspecified atom stereocenters. The molecule has 0 aliphatic heterocycles. The van der Waals surface area contributed by atoms with E-state index in [-0.39, 0.29) is 11.2 Å². The van der Waals surface area contributed by atoms with Crippen molar-refractivity contribution in [3.63, 3.8) is 0 Å². The summed E-state index contributed by atoms with van der Waals surface area (Å²) in [5.41, 5.74) is 1.56. The van der Waals surface area contributed by atoms with Gasteiger partial charge in [0, 0.05) is 11.3 Å². The highest BCUT2D eigenvalue weighted by atomic mass is 35.5. The highest BCUT2D eigenvalue weighted by Gasteiger charge is 2.28. The Bertz CT molecular complexity index is 974. The molecule has 1 aliphatic rings. The average Bonchev–Trinajstić information content (AvgIpc) is 3.48. The predicted molar refractivity (Wildman–Crippen MR) is 107 cm³/mol. The van der Waals surface area contributed by atoms with Gasteiger partial charge in [-0.15, -0.1) is 0 Å². The normalized spacial score (nSPS) is 15.0. The van der Waals surface area contributed by atoms with Crippen molar-refractivity contribution < 1.29 is 4.79 Å². The van der Waals surface area contributed by atoms with Crippen LogP contribution >= 0.6 is 23.4 Å². The molecule has 0 spiro atoms. The Labute approximate surface area is 161 Å². The first kappa shape index (κ1) is 17.3. The minimum Gasteiger partial charge on any atom is -0.324 e. The molecule has 132 valence electrons. The highest BCUT2D eigenvalue weighted by molar-refractivity contribution is 8.00. The van der Waals surface area contributed by atoms with Gasteiger partial charge in [-0.3, -0.25) is 4.79 Å². The Morgan fingerprint density at radius 3 is 2.65 bits per heavy atom. The summed E-state index contributed by atoms with van der Waals surface area (Å²) in [6, 6.07) is 15.2. The second-order valence-electron chi connectivity index (χ2n) is 6.41. The fourth-order valence-electron chi connectivity index (χ4n) is 2.70. The lowest BCUT2D eigenvalue weighted by Crippen LogP contribution is -2.22. The van der Waals surface area contributed by atoms with Crippen LogP contribution in [-0.4, -0.2) is 21.1 Å². The number of rotatable bonds is 5. The van der Waals surface area contributed by atoms with Crippen LogP contribution in [0.15, 0.2) is 53.6 Å². The molecule has 1 atom stereocenters. The Morgan fingerprint density at radius 1 is 1.15 bits per heavy atom. The zero-order chi connectivity index (χ0) is 18.1. The Balaban J connectivity index is 1.58. The molecule has 26 heavy (non-hydrogen) atoms. The Kier molecular flexibility index (Phi) is 4.83. The maximum absolute atomic E-state index is 12.6. The molecule has 6 heteroatoms. The summed E-state index contributed by atoms with van der Waals surface area (Å²) in [5.74, 6) is 1.26. The quantitative estimate of drug-likeness (QED) is 0.481. The van der Waals surface area contributed by atoms with Crippen molar-refractivity contribution in [2.75, 3.05) is 5.32 Å². The molecule has 1 N–H and O–H groups in total. The fraction of sp³-hybridized carbons (Fsp3) is 0.250. The number of nitrogens with one attached hydrogen (secondary N) is 1. The predicted octanol–water partition coefficient (Wildman–Crippen LogP) is 5.28. The zero-order valence-corrected chi connectivity index (χ0v) is 15.8. The first-order valence-electron chi connectivity index (χ1n) is 8.60. The molecule has 0 radical (unpaired) electrons. The monoisotopic (exact) mass is 383 g/mol. The van der Waals surface area contributed by atoms with E-state index in [0.29, 0.717) is 16.6 Å². The first-order valence-corrected chi connectivity index (χ1v) is 9.86. The summed E-state index contributed by atoms with van der Waals surface area (Å²) in [7, 11) is 0. The lowest BCUT2D eigenvalue weighted by molar-refractivity contribution is -0.115. The molecular weight excluding hydrogens is 366 g/mol. The van der Waals surface area contributed by atoms with Crippen molar-refractivity contribution in [1.82, 2.24) is 9.97 Å². The number of nitrogens with zero attached hydrogens (tertiary/aromatic N) is 2. The van der Waals surface area contributed by atoms with Crippen LogP contribution in [0.1, 0.15) is 31.5 Å². The van der Waals surface area contributed by atoms with Gasteiger partial charge in [-0.1, -0.05) is 53.7 Å². The molecule has 1 fully saturated rings. The number of aromatic nitrogens is 2. The number of carbonyl (C=O) groups excluding carboxylic acids is 1. The van der Waals surface area contributed by atoms with E-state index in [0.717, 1.165) is 34.6 Å². The smallest absolute Gasteiger partial charge is 0.237 e. The fourth-order valence-corrected chi connectivity index (χ4v) is 3.83. The van der Waals surface area contributed by atoms with Crippen LogP contribution in [0, 0.1) is 0 Å². The van der Waals surface area contributed by atoms with Crippen molar-refractivity contribution >= 4 is 45.9 Å². The lowest BCUT2D eigenvalue weighted by Gasteiger charge is -2.14. The van der Waals surface area contributed by atoms with Gasteiger partial charge in [0.1, 0.15) is 10.9 Å². The van der Waals surface area contributed by atoms with Gasteiger partial charge in [0.05, 0.1) is 21.5 Å². The second-order valence-corrected chi connectivity index (χ2v) is 8.14. The van der Waals surface area contributed by atoms with Crippen molar-refractivity contribution in [1.29, 1.82) is 0 Å². The van der Waals surface area contributed by atoms with Crippen LogP contribution in [0.25, 0.3) is 10.9 Å².